The third kappa shape index (κ3) is 3.70. The Morgan fingerprint density at radius 2 is 1.87 bits per heavy atom. The average molecular weight is 224 g/mol. The fourth-order valence-electron chi connectivity index (χ4n) is 1.62. The minimum atomic E-state index is -4.75. The first-order valence-corrected chi connectivity index (χ1v) is 4.96. The molecule has 3 nitrogen and oxygen atoms in total. The number of carbonyl (C=O) groups excluding carboxylic acids is 1. The summed E-state index contributed by atoms with van der Waals surface area (Å²) in [6.07, 6.45) is -2.56. The van der Waals surface area contributed by atoms with Gasteiger partial charge in [-0.1, -0.05) is 0 Å². The zero-order valence-electron chi connectivity index (χ0n) is 8.68. The van der Waals surface area contributed by atoms with Crippen molar-refractivity contribution < 1.29 is 18.0 Å². The van der Waals surface area contributed by atoms with E-state index in [9.17, 15) is 18.0 Å². The molecule has 1 amide bonds. The second-order valence-corrected chi connectivity index (χ2v) is 3.77. The molecule has 0 saturated carbocycles. The van der Waals surface area contributed by atoms with Crippen LogP contribution in [-0.2, 0) is 4.79 Å². The molecule has 0 aromatic rings. The van der Waals surface area contributed by atoms with Gasteiger partial charge in [-0.15, -0.1) is 0 Å². The van der Waals surface area contributed by atoms with Crippen LogP contribution < -0.4 is 0 Å². The number of alkyl halides is 3. The molecule has 1 heterocycles. The Morgan fingerprint density at radius 3 is 2.33 bits per heavy atom. The molecule has 1 aliphatic heterocycles. The maximum absolute atomic E-state index is 12.0. The zero-order chi connectivity index (χ0) is 11.5. The lowest BCUT2D eigenvalue weighted by molar-refractivity contribution is -0.184. The number of likely N-dealkylation sites (tertiary alicyclic amines) is 1. The van der Waals surface area contributed by atoms with E-state index in [-0.39, 0.29) is 6.54 Å². The van der Waals surface area contributed by atoms with Gasteiger partial charge in [-0.2, -0.15) is 13.2 Å². The van der Waals surface area contributed by atoms with Crippen molar-refractivity contribution in [3.05, 3.63) is 0 Å². The summed E-state index contributed by atoms with van der Waals surface area (Å²) in [5, 5.41) is 0. The van der Waals surface area contributed by atoms with Crippen LogP contribution >= 0.6 is 0 Å². The van der Waals surface area contributed by atoms with Crippen LogP contribution in [0.15, 0.2) is 0 Å². The summed E-state index contributed by atoms with van der Waals surface area (Å²) >= 11 is 0. The van der Waals surface area contributed by atoms with Crippen LogP contribution in [0.5, 0.6) is 0 Å². The van der Waals surface area contributed by atoms with E-state index in [0.717, 1.165) is 30.8 Å². The highest BCUT2D eigenvalue weighted by Crippen LogP contribution is 2.17. The smallest absolute Gasteiger partial charge is 0.337 e. The lowest BCUT2D eigenvalue weighted by Crippen LogP contribution is -2.42. The molecule has 88 valence electrons. The first kappa shape index (κ1) is 12.3. The summed E-state index contributed by atoms with van der Waals surface area (Å²) in [6, 6.07) is 0. The van der Waals surface area contributed by atoms with Gasteiger partial charge in [0.25, 0.3) is 0 Å². The van der Waals surface area contributed by atoms with Gasteiger partial charge in [-0.25, -0.2) is 0 Å². The van der Waals surface area contributed by atoms with Gasteiger partial charge in [0.2, 0.25) is 0 Å². The van der Waals surface area contributed by atoms with E-state index in [2.05, 4.69) is 4.90 Å². The van der Waals surface area contributed by atoms with Gasteiger partial charge in [0.15, 0.2) is 0 Å². The molecule has 1 fully saturated rings. The zero-order valence-corrected chi connectivity index (χ0v) is 8.68. The van der Waals surface area contributed by atoms with Crippen molar-refractivity contribution in [3.63, 3.8) is 0 Å². The van der Waals surface area contributed by atoms with Crippen LogP contribution in [-0.4, -0.2) is 55.1 Å². The molecule has 6 heteroatoms. The first-order valence-electron chi connectivity index (χ1n) is 4.96. The quantitative estimate of drug-likeness (QED) is 0.716. The first-order chi connectivity index (χ1) is 6.91. The highest BCUT2D eigenvalue weighted by Gasteiger charge is 2.41. The minimum Gasteiger partial charge on any atom is -0.337 e. The molecule has 0 bridgehead atoms. The Balaban J connectivity index is 2.28. The van der Waals surface area contributed by atoms with Gasteiger partial charge >= 0.3 is 12.1 Å². The maximum Gasteiger partial charge on any atom is 0.471 e. The number of rotatable bonds is 3. The lowest BCUT2D eigenvalue weighted by Gasteiger charge is -2.22. The summed E-state index contributed by atoms with van der Waals surface area (Å²) in [5.74, 6) is -1.76. The summed E-state index contributed by atoms with van der Waals surface area (Å²) < 4.78 is 36.0. The standard InChI is InChI=1S/C9H15F3N2O/c1-13(8(15)9(10,11)12)6-7-14-4-2-3-5-14/h2-7H2,1H3. The van der Waals surface area contributed by atoms with E-state index in [1.165, 1.54) is 7.05 Å². The van der Waals surface area contributed by atoms with Crippen LogP contribution in [0.3, 0.4) is 0 Å². The van der Waals surface area contributed by atoms with Gasteiger partial charge in [-0.3, -0.25) is 4.79 Å². The lowest BCUT2D eigenvalue weighted by atomic mass is 10.4. The summed E-state index contributed by atoms with van der Waals surface area (Å²) in [7, 11) is 1.19. The molecule has 0 aliphatic carbocycles. The number of likely N-dealkylation sites (N-methyl/N-ethyl adjacent to an activating group) is 1. The highest BCUT2D eigenvalue weighted by atomic mass is 19.4. The normalized spacial score (nSPS) is 18.1. The number of carbonyl (C=O) groups is 1. The van der Waals surface area contributed by atoms with Crippen molar-refractivity contribution in [3.8, 4) is 0 Å². The molecule has 0 atom stereocenters. The Kier molecular flexibility index (Phi) is 3.96. The van der Waals surface area contributed by atoms with E-state index in [1.807, 2.05) is 0 Å². The number of hydrogen-bond donors (Lipinski definition) is 0. The van der Waals surface area contributed by atoms with Crippen LogP contribution in [0.4, 0.5) is 13.2 Å². The van der Waals surface area contributed by atoms with E-state index in [0.29, 0.717) is 6.54 Å². The maximum atomic E-state index is 12.0. The van der Waals surface area contributed by atoms with Gasteiger partial charge in [0.05, 0.1) is 0 Å². The number of nitrogens with zero attached hydrogens (tertiary/aromatic N) is 2. The molecule has 1 aliphatic rings. The van der Waals surface area contributed by atoms with Crippen molar-refractivity contribution >= 4 is 5.91 Å². The largest absolute Gasteiger partial charge is 0.471 e. The van der Waals surface area contributed by atoms with Crippen molar-refractivity contribution in [2.75, 3.05) is 33.2 Å². The molecule has 0 unspecified atom stereocenters. The van der Waals surface area contributed by atoms with Crippen LogP contribution in [0.2, 0.25) is 0 Å². The van der Waals surface area contributed by atoms with E-state index >= 15 is 0 Å². The predicted molar refractivity (Wildman–Crippen MR) is 49.4 cm³/mol. The van der Waals surface area contributed by atoms with E-state index < -0.39 is 12.1 Å². The number of halogens is 3. The molecule has 0 spiro atoms. The molecule has 0 radical (unpaired) electrons. The summed E-state index contributed by atoms with van der Waals surface area (Å²) in [4.78, 5) is 13.6. The van der Waals surface area contributed by atoms with Crippen molar-refractivity contribution in [2.24, 2.45) is 0 Å². The fraction of sp³-hybridized carbons (Fsp3) is 0.889. The molecular weight excluding hydrogens is 209 g/mol. The fourth-order valence-corrected chi connectivity index (χ4v) is 1.62. The van der Waals surface area contributed by atoms with E-state index in [1.54, 1.807) is 0 Å². The minimum absolute atomic E-state index is 0.137. The topological polar surface area (TPSA) is 23.6 Å². The van der Waals surface area contributed by atoms with Gasteiger partial charge < -0.3 is 9.80 Å². The van der Waals surface area contributed by atoms with Crippen molar-refractivity contribution in [1.82, 2.24) is 9.80 Å². The molecule has 0 N–H and O–H groups in total. The van der Waals surface area contributed by atoms with Crippen molar-refractivity contribution in [1.29, 1.82) is 0 Å². The van der Waals surface area contributed by atoms with Gasteiger partial charge in [0, 0.05) is 20.1 Å². The second-order valence-electron chi connectivity index (χ2n) is 3.77. The average Bonchev–Trinajstić information content (AvgIpc) is 2.63. The molecule has 0 aromatic carbocycles. The summed E-state index contributed by atoms with van der Waals surface area (Å²) in [6.45, 7) is 2.51. The van der Waals surface area contributed by atoms with Crippen LogP contribution in [0, 0.1) is 0 Å². The van der Waals surface area contributed by atoms with Gasteiger partial charge in [0.1, 0.15) is 0 Å². The third-order valence-corrected chi connectivity index (χ3v) is 2.54. The number of hydrogen-bond acceptors (Lipinski definition) is 2. The molecule has 1 saturated heterocycles. The SMILES string of the molecule is CN(CCN1CCCC1)C(=O)C(F)(F)F. The Labute approximate surface area is 86.8 Å². The van der Waals surface area contributed by atoms with Crippen molar-refractivity contribution in [2.45, 2.75) is 19.0 Å². The molecular formula is C9H15F3N2O. The van der Waals surface area contributed by atoms with Gasteiger partial charge in [-0.05, 0) is 25.9 Å². The van der Waals surface area contributed by atoms with Crippen LogP contribution in [0.1, 0.15) is 12.8 Å². The highest BCUT2D eigenvalue weighted by molar-refractivity contribution is 5.81. The third-order valence-electron chi connectivity index (χ3n) is 2.54. The molecule has 1 rings (SSSR count). The Morgan fingerprint density at radius 1 is 1.33 bits per heavy atom. The molecule has 15 heavy (non-hydrogen) atoms. The van der Waals surface area contributed by atoms with Crippen LogP contribution in [0.25, 0.3) is 0 Å². The number of amides is 1. The predicted octanol–water partition coefficient (Wildman–Crippen LogP) is 1.10. The Bertz CT molecular complexity index is 224. The summed E-state index contributed by atoms with van der Waals surface area (Å²) in [5.41, 5.74) is 0. The van der Waals surface area contributed by atoms with E-state index in [4.69, 9.17) is 0 Å². The molecule has 0 aromatic heterocycles. The Hall–Kier alpha value is -0.780. The second kappa shape index (κ2) is 4.83. The monoisotopic (exact) mass is 224 g/mol.